The molecule has 1 aliphatic heterocycles. The number of halogens is 2. The smallest absolute Gasteiger partial charge is 0.141 e. The molecule has 12 heavy (non-hydrogen) atoms. The predicted octanol–water partition coefficient (Wildman–Crippen LogP) is 1.98. The van der Waals surface area contributed by atoms with Gasteiger partial charge in [-0.3, -0.25) is 0 Å². The minimum atomic E-state index is -0.336. The average molecular weight is 232 g/mol. The van der Waals surface area contributed by atoms with Crippen LogP contribution in [0.15, 0.2) is 16.6 Å². The van der Waals surface area contributed by atoms with E-state index in [-0.39, 0.29) is 11.9 Å². The Morgan fingerprint density at radius 2 is 2.33 bits per heavy atom. The second kappa shape index (κ2) is 2.71. The Kier molecular flexibility index (Phi) is 1.81. The first kappa shape index (κ1) is 8.01. The van der Waals surface area contributed by atoms with Gasteiger partial charge >= 0.3 is 0 Å². The van der Waals surface area contributed by atoms with Gasteiger partial charge in [0.15, 0.2) is 0 Å². The highest BCUT2D eigenvalue weighted by Crippen LogP contribution is 2.38. The molecule has 0 aliphatic carbocycles. The largest absolute Gasteiger partial charge is 0.490 e. The first-order valence-electron chi connectivity index (χ1n) is 3.56. The number of benzene rings is 1. The molecule has 0 spiro atoms. The van der Waals surface area contributed by atoms with Gasteiger partial charge in [0.2, 0.25) is 0 Å². The summed E-state index contributed by atoms with van der Waals surface area (Å²) in [6.07, 6.45) is 0. The molecule has 0 radical (unpaired) electrons. The zero-order chi connectivity index (χ0) is 8.72. The van der Waals surface area contributed by atoms with Crippen LogP contribution in [-0.2, 0) is 0 Å². The molecule has 2 nitrogen and oxygen atoms in total. The van der Waals surface area contributed by atoms with Gasteiger partial charge in [-0.15, -0.1) is 0 Å². The summed E-state index contributed by atoms with van der Waals surface area (Å²) in [5.74, 6) is 0.251. The molecule has 1 heterocycles. The molecule has 4 heteroatoms. The van der Waals surface area contributed by atoms with Gasteiger partial charge in [-0.25, -0.2) is 4.39 Å². The Balaban J connectivity index is 2.64. The Bertz CT molecular complexity index is 329. The Morgan fingerprint density at radius 1 is 1.58 bits per heavy atom. The summed E-state index contributed by atoms with van der Waals surface area (Å²) < 4.78 is 19.1. The van der Waals surface area contributed by atoms with Gasteiger partial charge < -0.3 is 10.5 Å². The molecule has 0 fully saturated rings. The molecule has 0 saturated heterocycles. The number of hydrogen-bond acceptors (Lipinski definition) is 2. The molecule has 1 atom stereocenters. The summed E-state index contributed by atoms with van der Waals surface area (Å²) in [6, 6.07) is 2.67. The van der Waals surface area contributed by atoms with Crippen molar-refractivity contribution in [2.75, 3.05) is 6.61 Å². The number of nitrogens with two attached hydrogens (primary N) is 1. The monoisotopic (exact) mass is 231 g/mol. The van der Waals surface area contributed by atoms with E-state index in [0.717, 1.165) is 4.47 Å². The minimum absolute atomic E-state index is 0.293. The van der Waals surface area contributed by atoms with E-state index < -0.39 is 0 Å². The van der Waals surface area contributed by atoms with Crippen molar-refractivity contribution in [2.24, 2.45) is 5.73 Å². The van der Waals surface area contributed by atoms with Crippen LogP contribution in [-0.4, -0.2) is 6.61 Å². The Hall–Kier alpha value is -0.610. The Labute approximate surface area is 77.6 Å². The summed E-state index contributed by atoms with van der Waals surface area (Å²) in [5.41, 5.74) is 6.11. The van der Waals surface area contributed by atoms with Crippen LogP contribution < -0.4 is 10.5 Å². The SMILES string of the molecule is N[C@H]1COc2c(Br)ccc(F)c21. The molecule has 0 aromatic heterocycles. The summed E-state index contributed by atoms with van der Waals surface area (Å²) in [7, 11) is 0. The molecule has 0 bridgehead atoms. The van der Waals surface area contributed by atoms with E-state index in [4.69, 9.17) is 10.5 Å². The van der Waals surface area contributed by atoms with Gasteiger partial charge in [0.25, 0.3) is 0 Å². The quantitative estimate of drug-likeness (QED) is 0.742. The van der Waals surface area contributed by atoms with Gasteiger partial charge in [0.05, 0.1) is 16.1 Å². The van der Waals surface area contributed by atoms with Gasteiger partial charge in [-0.1, -0.05) is 0 Å². The molecular weight excluding hydrogens is 225 g/mol. The maximum atomic E-state index is 13.1. The zero-order valence-electron chi connectivity index (χ0n) is 6.18. The predicted molar refractivity (Wildman–Crippen MR) is 46.5 cm³/mol. The van der Waals surface area contributed by atoms with Gasteiger partial charge in [0, 0.05) is 0 Å². The molecule has 2 rings (SSSR count). The molecule has 0 unspecified atom stereocenters. The lowest BCUT2D eigenvalue weighted by atomic mass is 10.1. The van der Waals surface area contributed by atoms with E-state index in [1.807, 2.05) is 0 Å². The number of rotatable bonds is 0. The average Bonchev–Trinajstić information content (AvgIpc) is 2.42. The lowest BCUT2D eigenvalue weighted by molar-refractivity contribution is 0.331. The highest BCUT2D eigenvalue weighted by atomic mass is 79.9. The van der Waals surface area contributed by atoms with Crippen LogP contribution in [0.5, 0.6) is 5.75 Å². The lowest BCUT2D eigenvalue weighted by Crippen LogP contribution is -2.11. The summed E-state index contributed by atoms with van der Waals surface area (Å²) in [6.45, 7) is 0.356. The van der Waals surface area contributed by atoms with E-state index >= 15 is 0 Å². The first-order chi connectivity index (χ1) is 5.70. The van der Waals surface area contributed by atoms with E-state index in [9.17, 15) is 4.39 Å². The number of hydrogen-bond donors (Lipinski definition) is 1. The van der Waals surface area contributed by atoms with E-state index in [1.54, 1.807) is 6.07 Å². The van der Waals surface area contributed by atoms with Crippen LogP contribution in [0.2, 0.25) is 0 Å². The van der Waals surface area contributed by atoms with Gasteiger partial charge in [0.1, 0.15) is 18.2 Å². The Morgan fingerprint density at radius 3 is 3.00 bits per heavy atom. The number of fused-ring (bicyclic) bond motifs is 1. The van der Waals surface area contributed by atoms with Gasteiger partial charge in [-0.2, -0.15) is 0 Å². The third-order valence-electron chi connectivity index (χ3n) is 1.87. The van der Waals surface area contributed by atoms with E-state index in [1.165, 1.54) is 6.07 Å². The summed E-state index contributed by atoms with van der Waals surface area (Å²) in [4.78, 5) is 0. The van der Waals surface area contributed by atoms with E-state index in [0.29, 0.717) is 17.9 Å². The highest BCUT2D eigenvalue weighted by molar-refractivity contribution is 9.10. The van der Waals surface area contributed by atoms with Crippen LogP contribution >= 0.6 is 15.9 Å². The molecule has 1 aromatic rings. The normalized spacial score (nSPS) is 20.4. The third-order valence-corrected chi connectivity index (χ3v) is 2.50. The maximum absolute atomic E-state index is 13.1. The van der Waals surface area contributed by atoms with Crippen molar-refractivity contribution >= 4 is 15.9 Å². The molecular formula is C8H7BrFNO. The fraction of sp³-hybridized carbons (Fsp3) is 0.250. The molecule has 1 aromatic carbocycles. The maximum Gasteiger partial charge on any atom is 0.141 e. The van der Waals surface area contributed by atoms with Crippen molar-refractivity contribution in [1.29, 1.82) is 0 Å². The molecule has 0 saturated carbocycles. The van der Waals surface area contributed by atoms with Crippen molar-refractivity contribution in [2.45, 2.75) is 6.04 Å². The topological polar surface area (TPSA) is 35.2 Å². The van der Waals surface area contributed by atoms with E-state index in [2.05, 4.69) is 15.9 Å². The highest BCUT2D eigenvalue weighted by Gasteiger charge is 2.26. The molecule has 0 amide bonds. The zero-order valence-corrected chi connectivity index (χ0v) is 7.77. The van der Waals surface area contributed by atoms with Crippen molar-refractivity contribution in [3.8, 4) is 5.75 Å². The van der Waals surface area contributed by atoms with Crippen molar-refractivity contribution in [1.82, 2.24) is 0 Å². The minimum Gasteiger partial charge on any atom is -0.490 e. The van der Waals surface area contributed by atoms with Crippen molar-refractivity contribution in [3.05, 3.63) is 28.0 Å². The van der Waals surface area contributed by atoms with Crippen LogP contribution in [0, 0.1) is 5.82 Å². The summed E-state index contributed by atoms with van der Waals surface area (Å²) >= 11 is 3.26. The second-order valence-electron chi connectivity index (χ2n) is 2.69. The summed E-state index contributed by atoms with van der Waals surface area (Å²) in [5, 5.41) is 0. The number of ether oxygens (including phenoxy) is 1. The first-order valence-corrected chi connectivity index (χ1v) is 4.35. The molecule has 64 valence electrons. The fourth-order valence-corrected chi connectivity index (χ4v) is 1.76. The van der Waals surface area contributed by atoms with Crippen molar-refractivity contribution in [3.63, 3.8) is 0 Å². The fourth-order valence-electron chi connectivity index (χ4n) is 1.30. The second-order valence-corrected chi connectivity index (χ2v) is 3.54. The van der Waals surface area contributed by atoms with Crippen molar-refractivity contribution < 1.29 is 9.13 Å². The van der Waals surface area contributed by atoms with Crippen LogP contribution in [0.3, 0.4) is 0 Å². The third kappa shape index (κ3) is 1.03. The van der Waals surface area contributed by atoms with Crippen LogP contribution in [0.4, 0.5) is 4.39 Å². The molecule has 2 N–H and O–H groups in total. The lowest BCUT2D eigenvalue weighted by Gasteiger charge is -2.03. The standard InChI is InChI=1S/C8H7BrFNO/c9-4-1-2-5(10)7-6(11)3-12-8(4)7/h1-2,6H,3,11H2/t6-/m0/s1. The van der Waals surface area contributed by atoms with Crippen LogP contribution in [0.1, 0.15) is 11.6 Å². The molecule has 1 aliphatic rings. The van der Waals surface area contributed by atoms with Crippen LogP contribution in [0.25, 0.3) is 0 Å². The van der Waals surface area contributed by atoms with Gasteiger partial charge in [-0.05, 0) is 28.1 Å².